The molecule has 1 aromatic carbocycles. The summed E-state index contributed by atoms with van der Waals surface area (Å²) in [7, 11) is 0. The summed E-state index contributed by atoms with van der Waals surface area (Å²) in [5.41, 5.74) is 3.00. The molecule has 0 spiro atoms. The molecule has 3 aromatic rings. The Morgan fingerprint density at radius 3 is 2.54 bits per heavy atom. The minimum absolute atomic E-state index is 0.535. The first-order valence-corrected chi connectivity index (χ1v) is 8.99. The van der Waals surface area contributed by atoms with Crippen LogP contribution in [0, 0.1) is 0 Å². The van der Waals surface area contributed by atoms with E-state index in [9.17, 15) is 13.2 Å². The maximum Gasteiger partial charge on any atom is 0.416 e. The molecule has 3 rings (SSSR count). The van der Waals surface area contributed by atoms with Crippen molar-refractivity contribution in [2.24, 2.45) is 0 Å². The van der Waals surface area contributed by atoms with E-state index in [0.29, 0.717) is 13.0 Å². The van der Waals surface area contributed by atoms with Crippen molar-refractivity contribution in [1.29, 1.82) is 0 Å². The molecule has 1 N–H and O–H groups in total. The molecule has 7 heteroatoms. The summed E-state index contributed by atoms with van der Waals surface area (Å²) in [6.07, 6.45) is 4.33. The number of nitrogens with zero attached hydrogens (tertiary/aromatic N) is 3. The van der Waals surface area contributed by atoms with Crippen LogP contribution in [0.1, 0.15) is 29.4 Å². The summed E-state index contributed by atoms with van der Waals surface area (Å²) < 4.78 is 39.5. The smallest absolute Gasteiger partial charge is 0.359 e. The van der Waals surface area contributed by atoms with Gasteiger partial charge in [0.1, 0.15) is 0 Å². The van der Waals surface area contributed by atoms with Crippen LogP contribution < -0.4 is 5.32 Å². The van der Waals surface area contributed by atoms with Crippen LogP contribution in [0.25, 0.3) is 0 Å². The average molecular weight is 386 g/mol. The molecule has 0 aliphatic carbocycles. The van der Waals surface area contributed by atoms with Crippen molar-refractivity contribution < 1.29 is 13.2 Å². The molecule has 0 bridgehead atoms. The molecule has 2 aromatic heterocycles. The molecular formula is C21H21F3N4. The van der Waals surface area contributed by atoms with Gasteiger partial charge in [0, 0.05) is 11.9 Å². The first-order valence-electron chi connectivity index (χ1n) is 8.99. The molecule has 0 aliphatic heterocycles. The number of hydrogen-bond donors (Lipinski definition) is 1. The Balaban J connectivity index is 1.51. The van der Waals surface area contributed by atoms with Crippen LogP contribution in [-0.4, -0.2) is 14.8 Å². The normalized spacial score (nSPS) is 11.9. The van der Waals surface area contributed by atoms with Crippen LogP contribution in [-0.2, 0) is 25.6 Å². The van der Waals surface area contributed by atoms with Crippen LogP contribution in [0.15, 0.2) is 67.1 Å². The van der Waals surface area contributed by atoms with Gasteiger partial charge in [0.15, 0.2) is 0 Å². The largest absolute Gasteiger partial charge is 0.416 e. The first kappa shape index (κ1) is 19.7. The summed E-state index contributed by atoms with van der Waals surface area (Å²) in [6.45, 7) is 2.66. The number of aryl methyl sites for hydroxylation is 1. The van der Waals surface area contributed by atoms with Crippen LogP contribution in [0.3, 0.4) is 0 Å². The highest BCUT2D eigenvalue weighted by Crippen LogP contribution is 2.29. The Kier molecular flexibility index (Phi) is 6.13. The average Bonchev–Trinajstić information content (AvgIpc) is 3.12. The molecule has 28 heavy (non-hydrogen) atoms. The Morgan fingerprint density at radius 2 is 1.82 bits per heavy atom. The summed E-state index contributed by atoms with van der Waals surface area (Å²) in [5, 5.41) is 7.43. The fourth-order valence-corrected chi connectivity index (χ4v) is 2.68. The lowest BCUT2D eigenvalue weighted by atomic mass is 10.1. The third-order valence-corrected chi connectivity index (χ3v) is 4.19. The zero-order chi connectivity index (χ0) is 20.0. The van der Waals surface area contributed by atoms with Gasteiger partial charge in [-0.25, -0.2) is 0 Å². The maximum atomic E-state index is 12.6. The Morgan fingerprint density at radius 1 is 1.07 bits per heavy atom. The van der Waals surface area contributed by atoms with E-state index >= 15 is 0 Å². The standard InChI is InChI=1S/C21H21F3N4/c1-2-18-6-3-7-19(27-18)14-28-15-20(13-26-28)25-12-4-5-16-8-10-17(11-9-16)21(22,23)24/h3-4,6-13,15,25H,2,5,14H2,1H3/b12-4+. The van der Waals surface area contributed by atoms with Gasteiger partial charge in [0.25, 0.3) is 0 Å². The topological polar surface area (TPSA) is 42.7 Å². The number of halogens is 3. The number of pyridine rings is 1. The molecule has 0 amide bonds. The highest BCUT2D eigenvalue weighted by Gasteiger charge is 2.29. The molecule has 0 atom stereocenters. The van der Waals surface area contributed by atoms with E-state index in [1.165, 1.54) is 12.1 Å². The number of allylic oxidation sites excluding steroid dienone is 1. The second kappa shape index (κ2) is 8.73. The fraction of sp³-hybridized carbons (Fsp3) is 0.238. The summed E-state index contributed by atoms with van der Waals surface area (Å²) in [5.74, 6) is 0. The third-order valence-electron chi connectivity index (χ3n) is 4.19. The van der Waals surface area contributed by atoms with E-state index in [1.54, 1.807) is 17.1 Å². The van der Waals surface area contributed by atoms with Gasteiger partial charge in [-0.05, 0) is 48.9 Å². The molecular weight excluding hydrogens is 365 g/mol. The lowest BCUT2D eigenvalue weighted by Crippen LogP contribution is -2.04. The number of hydrogen-bond acceptors (Lipinski definition) is 3. The maximum absolute atomic E-state index is 12.6. The minimum atomic E-state index is -4.30. The van der Waals surface area contributed by atoms with Crippen molar-refractivity contribution >= 4 is 5.69 Å². The van der Waals surface area contributed by atoms with Gasteiger partial charge in [0.2, 0.25) is 0 Å². The van der Waals surface area contributed by atoms with E-state index in [2.05, 4.69) is 22.3 Å². The summed E-state index contributed by atoms with van der Waals surface area (Å²) in [6, 6.07) is 11.1. The second-order valence-corrected chi connectivity index (χ2v) is 6.35. The molecule has 146 valence electrons. The predicted molar refractivity (Wildman–Crippen MR) is 103 cm³/mol. The number of anilines is 1. The van der Waals surface area contributed by atoms with E-state index < -0.39 is 11.7 Å². The summed E-state index contributed by atoms with van der Waals surface area (Å²) in [4.78, 5) is 4.56. The van der Waals surface area contributed by atoms with Gasteiger partial charge in [-0.3, -0.25) is 9.67 Å². The van der Waals surface area contributed by atoms with Crippen molar-refractivity contribution in [3.05, 3.63) is 89.6 Å². The molecule has 0 radical (unpaired) electrons. The van der Waals surface area contributed by atoms with Crippen LogP contribution in [0.5, 0.6) is 0 Å². The molecule has 0 saturated heterocycles. The number of alkyl halides is 3. The fourth-order valence-electron chi connectivity index (χ4n) is 2.68. The van der Waals surface area contributed by atoms with Crippen molar-refractivity contribution in [3.8, 4) is 0 Å². The molecule has 4 nitrogen and oxygen atoms in total. The van der Waals surface area contributed by atoms with E-state index in [0.717, 1.165) is 41.2 Å². The van der Waals surface area contributed by atoms with Crippen LogP contribution in [0.2, 0.25) is 0 Å². The van der Waals surface area contributed by atoms with Gasteiger partial charge >= 0.3 is 6.18 Å². The lowest BCUT2D eigenvalue weighted by Gasteiger charge is -2.06. The van der Waals surface area contributed by atoms with Gasteiger partial charge in [0.05, 0.1) is 29.7 Å². The predicted octanol–water partition coefficient (Wildman–Crippen LogP) is 5.08. The highest BCUT2D eigenvalue weighted by molar-refractivity contribution is 5.41. The second-order valence-electron chi connectivity index (χ2n) is 6.35. The Bertz CT molecular complexity index is 927. The SMILES string of the molecule is CCc1cccc(Cn2cc(N/C=C/Cc3ccc(C(F)(F)F)cc3)cn2)n1. The van der Waals surface area contributed by atoms with Gasteiger partial charge in [-0.15, -0.1) is 0 Å². The van der Waals surface area contributed by atoms with Crippen LogP contribution >= 0.6 is 0 Å². The highest BCUT2D eigenvalue weighted by atomic mass is 19.4. The number of nitrogens with one attached hydrogen (secondary N) is 1. The lowest BCUT2D eigenvalue weighted by molar-refractivity contribution is -0.137. The van der Waals surface area contributed by atoms with Crippen molar-refractivity contribution in [2.75, 3.05) is 5.32 Å². The number of rotatable bonds is 7. The summed E-state index contributed by atoms with van der Waals surface area (Å²) >= 11 is 0. The van der Waals surface area contributed by atoms with E-state index in [4.69, 9.17) is 0 Å². The Labute approximate surface area is 161 Å². The zero-order valence-corrected chi connectivity index (χ0v) is 15.4. The van der Waals surface area contributed by atoms with Gasteiger partial charge in [-0.1, -0.05) is 31.2 Å². The zero-order valence-electron chi connectivity index (χ0n) is 15.4. The third kappa shape index (κ3) is 5.45. The van der Waals surface area contributed by atoms with Gasteiger partial charge < -0.3 is 5.32 Å². The quantitative estimate of drug-likeness (QED) is 0.616. The molecule has 0 saturated carbocycles. The minimum Gasteiger partial charge on any atom is -0.359 e. The van der Waals surface area contributed by atoms with E-state index in [1.807, 2.05) is 30.5 Å². The molecule has 0 unspecified atom stereocenters. The van der Waals surface area contributed by atoms with Gasteiger partial charge in [-0.2, -0.15) is 18.3 Å². The molecule has 0 aliphatic rings. The van der Waals surface area contributed by atoms with Crippen LogP contribution in [0.4, 0.5) is 18.9 Å². The molecule has 2 heterocycles. The van der Waals surface area contributed by atoms with Crippen molar-refractivity contribution in [1.82, 2.24) is 14.8 Å². The number of benzene rings is 1. The van der Waals surface area contributed by atoms with Crippen molar-refractivity contribution in [3.63, 3.8) is 0 Å². The van der Waals surface area contributed by atoms with Crippen molar-refractivity contribution in [2.45, 2.75) is 32.5 Å². The van der Waals surface area contributed by atoms with E-state index in [-0.39, 0.29) is 0 Å². The first-order chi connectivity index (χ1) is 13.4. The molecule has 0 fully saturated rings. The monoisotopic (exact) mass is 386 g/mol. The Hall–Kier alpha value is -3.09. The number of aromatic nitrogens is 3.